The molecule has 2 aromatic heterocycles. The maximum absolute atomic E-state index is 15.1. The van der Waals surface area contributed by atoms with Crippen molar-refractivity contribution in [1.29, 1.82) is 0 Å². The zero-order chi connectivity index (χ0) is 32.5. The summed E-state index contributed by atoms with van der Waals surface area (Å²) in [7, 11) is 1.75. The summed E-state index contributed by atoms with van der Waals surface area (Å²) in [4.78, 5) is 46.0. The van der Waals surface area contributed by atoms with Crippen LogP contribution in [0.5, 0.6) is 0 Å². The van der Waals surface area contributed by atoms with Crippen LogP contribution in [0.4, 0.5) is 27.5 Å². The Labute approximate surface area is 265 Å². The number of rotatable bonds is 15. The standard InChI is InChI=1S/C33H48FN9O2/c1-7-36-19-24-14-16-42(17-15-24)30-25(34)10-9-11-26(30)39-32(45)31-37-20-28(38-31)27-18-29(41-33(35-6)40-27)43(8-2)22(4)13-12-21(3)23(5)44/h9-11,18,20-22,24,36H,7-8,12-17,19H2,1-6H3,(H,37,38)(H,39,45)(H,35,40,41). The number of aromatic nitrogens is 4. The Hall–Kier alpha value is -4.06. The van der Waals surface area contributed by atoms with Gasteiger partial charge in [-0.3, -0.25) is 9.59 Å². The topological polar surface area (TPSA) is 131 Å². The summed E-state index contributed by atoms with van der Waals surface area (Å²) in [5, 5.41) is 9.31. The summed E-state index contributed by atoms with van der Waals surface area (Å²) >= 11 is 0. The van der Waals surface area contributed by atoms with E-state index in [4.69, 9.17) is 4.98 Å². The molecule has 45 heavy (non-hydrogen) atoms. The molecule has 0 saturated carbocycles. The van der Waals surface area contributed by atoms with Crippen LogP contribution in [0.1, 0.15) is 70.9 Å². The number of hydrogen-bond donors (Lipinski definition) is 4. The van der Waals surface area contributed by atoms with Gasteiger partial charge in [-0.2, -0.15) is 4.98 Å². The number of carbonyl (C=O) groups excluding carboxylic acids is 2. The maximum Gasteiger partial charge on any atom is 0.291 e. The number of H-pyrrole nitrogens is 1. The second-order valence-electron chi connectivity index (χ2n) is 11.9. The Bertz CT molecular complexity index is 1440. The molecule has 1 aliphatic rings. The second kappa shape index (κ2) is 15.8. The number of piperidine rings is 1. The average molecular weight is 622 g/mol. The van der Waals surface area contributed by atoms with Crippen LogP contribution in [-0.4, -0.2) is 77.4 Å². The Kier molecular flexibility index (Phi) is 11.9. The largest absolute Gasteiger partial charge is 0.367 e. The van der Waals surface area contributed by atoms with Gasteiger partial charge >= 0.3 is 0 Å². The molecular weight excluding hydrogens is 573 g/mol. The molecule has 3 aromatic rings. The van der Waals surface area contributed by atoms with E-state index in [9.17, 15) is 9.59 Å². The zero-order valence-electron chi connectivity index (χ0n) is 27.4. The van der Waals surface area contributed by atoms with E-state index < -0.39 is 5.91 Å². The van der Waals surface area contributed by atoms with Crippen molar-refractivity contribution in [3.63, 3.8) is 0 Å². The Morgan fingerprint density at radius 2 is 1.91 bits per heavy atom. The minimum atomic E-state index is -0.471. The monoisotopic (exact) mass is 621 g/mol. The van der Waals surface area contributed by atoms with Gasteiger partial charge in [0.1, 0.15) is 17.4 Å². The van der Waals surface area contributed by atoms with Crippen molar-refractivity contribution < 1.29 is 14.0 Å². The molecule has 0 radical (unpaired) electrons. The van der Waals surface area contributed by atoms with Gasteiger partial charge in [0, 0.05) is 44.7 Å². The highest BCUT2D eigenvalue weighted by Crippen LogP contribution is 2.33. The highest BCUT2D eigenvalue weighted by Gasteiger charge is 2.25. The molecule has 0 aliphatic carbocycles. The molecule has 2 atom stereocenters. The van der Waals surface area contributed by atoms with Crippen LogP contribution in [0.15, 0.2) is 30.5 Å². The molecular formula is C33H48FN9O2. The van der Waals surface area contributed by atoms with Gasteiger partial charge in [-0.15, -0.1) is 0 Å². The smallest absolute Gasteiger partial charge is 0.291 e. The summed E-state index contributed by atoms with van der Waals surface area (Å²) in [5.41, 5.74) is 1.95. The van der Waals surface area contributed by atoms with Crippen LogP contribution < -0.4 is 25.8 Å². The molecule has 4 rings (SSSR count). The maximum atomic E-state index is 15.1. The number of Topliss-reactive ketones (excluding diaryl/α,β-unsaturated/α-hetero) is 1. The fraction of sp³-hybridized carbons (Fsp3) is 0.545. The zero-order valence-corrected chi connectivity index (χ0v) is 27.4. The van der Waals surface area contributed by atoms with Crippen LogP contribution in [0, 0.1) is 17.7 Å². The lowest BCUT2D eigenvalue weighted by molar-refractivity contribution is -0.120. The lowest BCUT2D eigenvalue weighted by Gasteiger charge is -2.35. The first-order chi connectivity index (χ1) is 21.6. The van der Waals surface area contributed by atoms with Crippen molar-refractivity contribution in [1.82, 2.24) is 25.3 Å². The molecule has 1 aromatic carbocycles. The van der Waals surface area contributed by atoms with Crippen molar-refractivity contribution in [3.8, 4) is 11.4 Å². The number of para-hydroxylation sites is 1. The number of nitrogens with one attached hydrogen (secondary N) is 4. The summed E-state index contributed by atoms with van der Waals surface area (Å²) in [6, 6.07) is 6.76. The molecule has 12 heteroatoms. The Morgan fingerprint density at radius 3 is 2.58 bits per heavy atom. The highest BCUT2D eigenvalue weighted by atomic mass is 19.1. The van der Waals surface area contributed by atoms with Gasteiger partial charge in [0.25, 0.3) is 5.91 Å². The van der Waals surface area contributed by atoms with E-state index in [1.165, 1.54) is 6.07 Å². The number of imidazole rings is 1. The van der Waals surface area contributed by atoms with Crippen molar-refractivity contribution in [2.75, 3.05) is 60.2 Å². The van der Waals surface area contributed by atoms with E-state index in [1.807, 2.05) is 17.9 Å². The minimum Gasteiger partial charge on any atom is -0.367 e. The van der Waals surface area contributed by atoms with Gasteiger partial charge in [-0.05, 0) is 77.6 Å². The predicted octanol–water partition coefficient (Wildman–Crippen LogP) is 5.35. The number of carbonyl (C=O) groups is 2. The first-order valence-electron chi connectivity index (χ1n) is 16.1. The summed E-state index contributed by atoms with van der Waals surface area (Å²) in [5.74, 6) is 1.19. The molecule has 2 unspecified atom stereocenters. The molecule has 4 N–H and O–H groups in total. The Balaban J connectivity index is 1.51. The summed E-state index contributed by atoms with van der Waals surface area (Å²) in [6.45, 7) is 13.9. The fourth-order valence-corrected chi connectivity index (χ4v) is 5.78. The van der Waals surface area contributed by atoms with Gasteiger partial charge < -0.3 is 30.7 Å². The second-order valence-corrected chi connectivity index (χ2v) is 11.9. The number of aromatic amines is 1. The molecule has 1 saturated heterocycles. The van der Waals surface area contributed by atoms with Crippen molar-refractivity contribution in [2.24, 2.45) is 11.8 Å². The van der Waals surface area contributed by atoms with Crippen molar-refractivity contribution in [2.45, 2.75) is 66.3 Å². The summed E-state index contributed by atoms with van der Waals surface area (Å²) < 4.78 is 15.1. The van der Waals surface area contributed by atoms with Crippen LogP contribution in [0.3, 0.4) is 0 Å². The molecule has 244 valence electrons. The number of amides is 1. The first kappa shape index (κ1) is 33.8. The quantitative estimate of drug-likeness (QED) is 0.177. The molecule has 3 heterocycles. The summed E-state index contributed by atoms with van der Waals surface area (Å²) in [6.07, 6.45) is 5.11. The normalized spacial score (nSPS) is 15.0. The third-order valence-electron chi connectivity index (χ3n) is 8.73. The van der Waals surface area contributed by atoms with E-state index in [0.29, 0.717) is 34.6 Å². The lowest BCUT2D eigenvalue weighted by Crippen LogP contribution is -2.38. The Morgan fingerprint density at radius 1 is 1.16 bits per heavy atom. The number of ketones is 1. The van der Waals surface area contributed by atoms with Crippen LogP contribution in [0.25, 0.3) is 11.4 Å². The van der Waals surface area contributed by atoms with E-state index in [2.05, 4.69) is 56.6 Å². The van der Waals surface area contributed by atoms with E-state index in [0.717, 1.165) is 64.2 Å². The van der Waals surface area contributed by atoms with Gasteiger partial charge in [0.15, 0.2) is 5.82 Å². The molecule has 1 amide bonds. The molecule has 0 spiro atoms. The van der Waals surface area contributed by atoms with Crippen molar-refractivity contribution >= 4 is 34.8 Å². The third kappa shape index (κ3) is 8.56. The van der Waals surface area contributed by atoms with Crippen LogP contribution in [0.2, 0.25) is 0 Å². The lowest BCUT2D eigenvalue weighted by atomic mass is 9.96. The van der Waals surface area contributed by atoms with Gasteiger partial charge in [0.2, 0.25) is 5.95 Å². The number of nitrogens with zero attached hydrogens (tertiary/aromatic N) is 5. The van der Waals surface area contributed by atoms with E-state index in [-0.39, 0.29) is 29.4 Å². The number of halogens is 1. The van der Waals surface area contributed by atoms with Gasteiger partial charge in [-0.1, -0.05) is 19.9 Å². The minimum absolute atomic E-state index is 0.0123. The van der Waals surface area contributed by atoms with E-state index >= 15 is 4.39 Å². The fourth-order valence-electron chi connectivity index (χ4n) is 5.78. The first-order valence-corrected chi connectivity index (χ1v) is 16.1. The van der Waals surface area contributed by atoms with Gasteiger partial charge in [-0.25, -0.2) is 14.4 Å². The number of anilines is 4. The van der Waals surface area contributed by atoms with Crippen molar-refractivity contribution in [3.05, 3.63) is 42.1 Å². The SMILES string of the molecule is CCNCC1CCN(c2c(F)cccc2NC(=O)c2ncc(-c3cc(N(CC)C(C)CCC(C)C(C)=O)nc(NC)n3)[nH]2)CC1. The predicted molar refractivity (Wildman–Crippen MR) is 179 cm³/mol. The van der Waals surface area contributed by atoms with Gasteiger partial charge in [0.05, 0.1) is 29.0 Å². The highest BCUT2D eigenvalue weighted by molar-refractivity contribution is 6.04. The molecule has 11 nitrogen and oxygen atoms in total. The number of benzene rings is 1. The van der Waals surface area contributed by atoms with Crippen LogP contribution in [-0.2, 0) is 4.79 Å². The third-order valence-corrected chi connectivity index (χ3v) is 8.73. The van der Waals surface area contributed by atoms with E-state index in [1.54, 1.807) is 32.3 Å². The number of hydrogen-bond acceptors (Lipinski definition) is 9. The molecule has 0 bridgehead atoms. The van der Waals surface area contributed by atoms with Crippen LogP contribution >= 0.6 is 0 Å². The molecule has 1 aliphatic heterocycles. The molecule has 1 fully saturated rings. The average Bonchev–Trinajstić information content (AvgIpc) is 3.54.